The lowest BCUT2D eigenvalue weighted by molar-refractivity contribution is 0.0477. The SMILES string of the molecule is CC(C)n1c(C2(N)CCOCC2)nc2cccnc21. The number of nitrogens with zero attached hydrogens (tertiary/aromatic N) is 3. The van der Waals surface area contributed by atoms with E-state index in [0.717, 1.165) is 29.8 Å². The fraction of sp³-hybridized carbons (Fsp3) is 0.571. The largest absolute Gasteiger partial charge is 0.381 e. The minimum Gasteiger partial charge on any atom is -0.381 e. The van der Waals surface area contributed by atoms with Gasteiger partial charge in [-0.25, -0.2) is 9.97 Å². The summed E-state index contributed by atoms with van der Waals surface area (Å²) in [7, 11) is 0. The first-order valence-corrected chi connectivity index (χ1v) is 6.82. The molecule has 5 nitrogen and oxygen atoms in total. The Labute approximate surface area is 112 Å². The van der Waals surface area contributed by atoms with Crippen LogP contribution < -0.4 is 5.73 Å². The van der Waals surface area contributed by atoms with Gasteiger partial charge in [0.15, 0.2) is 5.65 Å². The smallest absolute Gasteiger partial charge is 0.160 e. The predicted molar refractivity (Wildman–Crippen MR) is 73.8 cm³/mol. The number of hydrogen-bond donors (Lipinski definition) is 1. The summed E-state index contributed by atoms with van der Waals surface area (Å²) in [5.41, 5.74) is 8.03. The third-order valence-corrected chi connectivity index (χ3v) is 3.80. The molecule has 102 valence electrons. The van der Waals surface area contributed by atoms with Crippen molar-refractivity contribution in [3.63, 3.8) is 0 Å². The number of ether oxygens (including phenoxy) is 1. The molecule has 0 saturated carbocycles. The molecule has 0 aromatic carbocycles. The molecule has 2 aromatic rings. The van der Waals surface area contributed by atoms with Gasteiger partial charge in [0.05, 0.1) is 5.54 Å². The van der Waals surface area contributed by atoms with Crippen molar-refractivity contribution in [2.75, 3.05) is 13.2 Å². The van der Waals surface area contributed by atoms with E-state index in [1.165, 1.54) is 0 Å². The van der Waals surface area contributed by atoms with Gasteiger partial charge in [-0.1, -0.05) is 0 Å². The molecule has 19 heavy (non-hydrogen) atoms. The molecule has 1 aliphatic heterocycles. The number of pyridine rings is 1. The van der Waals surface area contributed by atoms with Crippen LogP contribution in [0.4, 0.5) is 0 Å². The van der Waals surface area contributed by atoms with Crippen molar-refractivity contribution in [1.29, 1.82) is 0 Å². The Hall–Kier alpha value is -1.46. The van der Waals surface area contributed by atoms with E-state index in [1.807, 2.05) is 12.1 Å². The summed E-state index contributed by atoms with van der Waals surface area (Å²) >= 11 is 0. The molecule has 0 spiro atoms. The van der Waals surface area contributed by atoms with Gasteiger partial charge >= 0.3 is 0 Å². The van der Waals surface area contributed by atoms with E-state index >= 15 is 0 Å². The molecule has 1 fully saturated rings. The van der Waals surface area contributed by atoms with Crippen molar-refractivity contribution in [3.8, 4) is 0 Å². The highest BCUT2D eigenvalue weighted by Gasteiger charge is 2.36. The summed E-state index contributed by atoms with van der Waals surface area (Å²) in [6, 6.07) is 4.20. The van der Waals surface area contributed by atoms with E-state index in [2.05, 4.69) is 23.4 Å². The minimum absolute atomic E-state index is 0.290. The van der Waals surface area contributed by atoms with Crippen LogP contribution in [0.1, 0.15) is 38.6 Å². The summed E-state index contributed by atoms with van der Waals surface area (Å²) in [6.07, 6.45) is 3.42. The third-order valence-electron chi connectivity index (χ3n) is 3.80. The molecule has 5 heteroatoms. The molecule has 3 rings (SSSR count). The summed E-state index contributed by atoms with van der Waals surface area (Å²) in [4.78, 5) is 9.21. The van der Waals surface area contributed by atoms with Crippen molar-refractivity contribution in [2.45, 2.75) is 38.3 Å². The Morgan fingerprint density at radius 1 is 1.37 bits per heavy atom. The van der Waals surface area contributed by atoms with E-state index in [-0.39, 0.29) is 6.04 Å². The Balaban J connectivity index is 2.19. The molecule has 2 N–H and O–H groups in total. The average Bonchev–Trinajstić information content (AvgIpc) is 2.79. The zero-order chi connectivity index (χ0) is 13.5. The van der Waals surface area contributed by atoms with E-state index in [1.54, 1.807) is 6.20 Å². The normalized spacial score (nSPS) is 19.2. The van der Waals surface area contributed by atoms with Gasteiger partial charge in [0.1, 0.15) is 11.3 Å². The fourth-order valence-corrected chi connectivity index (χ4v) is 2.73. The highest BCUT2D eigenvalue weighted by molar-refractivity contribution is 5.71. The summed E-state index contributed by atoms with van der Waals surface area (Å²) in [5, 5.41) is 0. The molecule has 2 aromatic heterocycles. The first-order valence-electron chi connectivity index (χ1n) is 6.82. The second kappa shape index (κ2) is 4.58. The van der Waals surface area contributed by atoms with Crippen molar-refractivity contribution < 1.29 is 4.74 Å². The summed E-state index contributed by atoms with van der Waals surface area (Å²) in [6.45, 7) is 5.68. The van der Waals surface area contributed by atoms with E-state index in [4.69, 9.17) is 15.5 Å². The maximum Gasteiger partial charge on any atom is 0.160 e. The zero-order valence-electron chi connectivity index (χ0n) is 11.5. The van der Waals surface area contributed by atoms with Crippen LogP contribution >= 0.6 is 0 Å². The molecule has 0 amide bonds. The monoisotopic (exact) mass is 260 g/mol. The molecule has 0 aliphatic carbocycles. The summed E-state index contributed by atoms with van der Waals surface area (Å²) in [5.74, 6) is 0.944. The van der Waals surface area contributed by atoms with Crippen LogP contribution in [0.25, 0.3) is 11.2 Å². The molecular weight excluding hydrogens is 240 g/mol. The third kappa shape index (κ3) is 2.03. The minimum atomic E-state index is -0.400. The van der Waals surface area contributed by atoms with Crippen LogP contribution in [0.15, 0.2) is 18.3 Å². The van der Waals surface area contributed by atoms with Crippen molar-refractivity contribution >= 4 is 11.2 Å². The van der Waals surface area contributed by atoms with Gasteiger partial charge in [0.25, 0.3) is 0 Å². The molecule has 1 saturated heterocycles. The van der Waals surface area contributed by atoms with E-state index in [9.17, 15) is 0 Å². The Morgan fingerprint density at radius 3 is 2.79 bits per heavy atom. The second-order valence-corrected chi connectivity index (χ2v) is 5.51. The average molecular weight is 260 g/mol. The van der Waals surface area contributed by atoms with Crippen molar-refractivity contribution in [1.82, 2.24) is 14.5 Å². The highest BCUT2D eigenvalue weighted by Crippen LogP contribution is 2.32. The molecule has 0 unspecified atom stereocenters. The van der Waals surface area contributed by atoms with Gasteiger partial charge in [0, 0.05) is 25.5 Å². The van der Waals surface area contributed by atoms with Crippen LogP contribution in [0.2, 0.25) is 0 Å². The quantitative estimate of drug-likeness (QED) is 0.896. The Kier molecular flexibility index (Phi) is 3.03. The zero-order valence-corrected chi connectivity index (χ0v) is 11.5. The topological polar surface area (TPSA) is 66.0 Å². The van der Waals surface area contributed by atoms with E-state index < -0.39 is 5.54 Å². The number of aromatic nitrogens is 3. The van der Waals surface area contributed by atoms with E-state index in [0.29, 0.717) is 13.2 Å². The fourth-order valence-electron chi connectivity index (χ4n) is 2.73. The first kappa shape index (κ1) is 12.6. The van der Waals surface area contributed by atoms with Gasteiger partial charge in [0.2, 0.25) is 0 Å². The lowest BCUT2D eigenvalue weighted by Gasteiger charge is -2.33. The maximum atomic E-state index is 6.59. The van der Waals surface area contributed by atoms with Crippen LogP contribution in [0.3, 0.4) is 0 Å². The Morgan fingerprint density at radius 2 is 2.11 bits per heavy atom. The maximum absolute atomic E-state index is 6.59. The van der Waals surface area contributed by atoms with Crippen LogP contribution in [-0.4, -0.2) is 27.7 Å². The standard InChI is InChI=1S/C14H20N4O/c1-10(2)18-12-11(4-3-7-16-12)17-13(18)14(15)5-8-19-9-6-14/h3-4,7,10H,5-6,8-9,15H2,1-2H3. The van der Waals surface area contributed by atoms with Gasteiger partial charge in [-0.3, -0.25) is 0 Å². The van der Waals surface area contributed by atoms with Crippen LogP contribution in [-0.2, 0) is 10.3 Å². The van der Waals surface area contributed by atoms with Gasteiger partial charge in [-0.2, -0.15) is 0 Å². The van der Waals surface area contributed by atoms with Gasteiger partial charge < -0.3 is 15.0 Å². The molecular formula is C14H20N4O. The number of fused-ring (bicyclic) bond motifs is 1. The number of rotatable bonds is 2. The second-order valence-electron chi connectivity index (χ2n) is 5.51. The van der Waals surface area contributed by atoms with Crippen LogP contribution in [0, 0.1) is 0 Å². The van der Waals surface area contributed by atoms with Crippen LogP contribution in [0.5, 0.6) is 0 Å². The van der Waals surface area contributed by atoms with Gasteiger partial charge in [-0.15, -0.1) is 0 Å². The Bertz CT molecular complexity index is 584. The molecule has 1 aliphatic rings. The van der Waals surface area contributed by atoms with Crippen molar-refractivity contribution in [2.24, 2.45) is 5.73 Å². The molecule has 0 radical (unpaired) electrons. The van der Waals surface area contributed by atoms with Crippen molar-refractivity contribution in [3.05, 3.63) is 24.2 Å². The number of nitrogens with two attached hydrogens (primary N) is 1. The lowest BCUT2D eigenvalue weighted by Crippen LogP contribution is -2.44. The van der Waals surface area contributed by atoms with Gasteiger partial charge in [-0.05, 0) is 38.8 Å². The molecule has 0 atom stereocenters. The molecule has 3 heterocycles. The first-order chi connectivity index (χ1) is 9.12. The number of imidazole rings is 1. The highest BCUT2D eigenvalue weighted by atomic mass is 16.5. The number of hydrogen-bond acceptors (Lipinski definition) is 4. The molecule has 0 bridgehead atoms. The predicted octanol–water partition coefficient (Wildman–Crippen LogP) is 1.98. The summed E-state index contributed by atoms with van der Waals surface area (Å²) < 4.78 is 7.60. The lowest BCUT2D eigenvalue weighted by atomic mass is 9.90.